The summed E-state index contributed by atoms with van der Waals surface area (Å²) in [5, 5.41) is 34.7. The van der Waals surface area contributed by atoms with E-state index < -0.39 is 145 Å². The van der Waals surface area contributed by atoms with Gasteiger partial charge in [0.25, 0.3) is 0 Å². The smallest absolute Gasteiger partial charge is 0.390 e. The van der Waals surface area contributed by atoms with Gasteiger partial charge in [0.1, 0.15) is 24.4 Å². The van der Waals surface area contributed by atoms with Crippen LogP contribution in [-0.4, -0.2) is 101 Å². The Balaban J connectivity index is 1.21. The number of aliphatic hydroxyl groups is 3. The fraction of sp³-hybridized carbons (Fsp3) is 0.727. The Morgan fingerprint density at radius 1 is 0.714 bits per heavy atom. The molecule has 0 radical (unpaired) electrons. The van der Waals surface area contributed by atoms with E-state index in [-0.39, 0.29) is 50.1 Å². The van der Waals surface area contributed by atoms with Crippen molar-refractivity contribution in [3.8, 4) is 0 Å². The van der Waals surface area contributed by atoms with Crippen LogP contribution in [0.5, 0.6) is 0 Å². The van der Waals surface area contributed by atoms with E-state index in [0.717, 1.165) is 0 Å². The number of phosphoric ester groups is 2. The molecular formula is C44H58F2O15P2. The van der Waals surface area contributed by atoms with Crippen molar-refractivity contribution < 1.29 is 80.7 Å². The number of hydrogen-bond acceptors (Lipinski definition) is 12. The third-order valence-corrected chi connectivity index (χ3v) is 19.7. The Morgan fingerprint density at radius 2 is 1.11 bits per heavy atom. The van der Waals surface area contributed by atoms with Gasteiger partial charge in [-0.2, -0.15) is 0 Å². The molecule has 0 saturated heterocycles. The zero-order valence-corrected chi connectivity index (χ0v) is 38.0. The van der Waals surface area contributed by atoms with Crippen LogP contribution < -0.4 is 0 Å². The maximum atomic E-state index is 18.1. The molecule has 63 heavy (non-hydrogen) atoms. The molecule has 8 aliphatic carbocycles. The number of aliphatic hydroxyl groups excluding tert-OH is 3. The van der Waals surface area contributed by atoms with Gasteiger partial charge in [-0.1, -0.05) is 51.0 Å². The average molecular weight is 927 g/mol. The molecule has 0 heterocycles. The third kappa shape index (κ3) is 6.00. The van der Waals surface area contributed by atoms with Crippen molar-refractivity contribution in [2.45, 2.75) is 128 Å². The summed E-state index contributed by atoms with van der Waals surface area (Å²) in [4.78, 5) is 85.5. The molecule has 8 rings (SSSR count). The number of carbonyl (C=O) groups is 4. The molecule has 6 N–H and O–H groups in total. The number of fused-ring (bicyclic) bond motifs is 10. The molecule has 17 atom stereocenters. The van der Waals surface area contributed by atoms with Crippen LogP contribution in [-0.2, 0) is 41.9 Å². The fourth-order valence-electron chi connectivity index (χ4n) is 15.5. The minimum absolute atomic E-state index is 0.0150. The number of allylic oxidation sites excluding steroid dienone is 8. The van der Waals surface area contributed by atoms with Crippen molar-refractivity contribution >= 4 is 38.8 Å². The number of Topliss-reactive ketones (excluding diaryl/α,β-unsaturated/α-hetero) is 2. The van der Waals surface area contributed by atoms with Crippen LogP contribution in [0.25, 0.3) is 0 Å². The predicted molar refractivity (Wildman–Crippen MR) is 218 cm³/mol. The summed E-state index contributed by atoms with van der Waals surface area (Å²) >= 11 is 0. The lowest BCUT2D eigenvalue weighted by atomic mass is 9.44. The molecule has 15 nitrogen and oxygen atoms in total. The molecule has 0 bridgehead atoms. The van der Waals surface area contributed by atoms with E-state index in [2.05, 4.69) is 4.52 Å². The number of hydrogen-bond donors (Lipinski definition) is 6. The highest BCUT2D eigenvalue weighted by molar-refractivity contribution is 7.47. The molecule has 348 valence electrons. The summed E-state index contributed by atoms with van der Waals surface area (Å²) in [6.45, 7) is 6.60. The van der Waals surface area contributed by atoms with Gasteiger partial charge in [0.2, 0.25) is 0 Å². The minimum Gasteiger partial charge on any atom is -0.390 e. The maximum Gasteiger partial charge on any atom is 0.474 e. The predicted octanol–water partition coefficient (Wildman–Crippen LogP) is 5.07. The Kier molecular flexibility index (Phi) is 10.9. The Bertz CT molecular complexity index is 2280. The lowest BCUT2D eigenvalue weighted by molar-refractivity contribution is -0.225. The van der Waals surface area contributed by atoms with Crippen LogP contribution in [0.4, 0.5) is 8.78 Å². The van der Waals surface area contributed by atoms with Gasteiger partial charge in [-0.05, 0) is 113 Å². The van der Waals surface area contributed by atoms with Crippen molar-refractivity contribution in [3.63, 3.8) is 0 Å². The van der Waals surface area contributed by atoms with Gasteiger partial charge in [-0.15, -0.1) is 0 Å². The number of phosphoric acid groups is 2. The highest BCUT2D eigenvalue weighted by atomic mass is 31.2. The summed E-state index contributed by atoms with van der Waals surface area (Å²) in [6, 6.07) is 0. The van der Waals surface area contributed by atoms with Crippen LogP contribution in [0, 0.1) is 57.2 Å². The maximum absolute atomic E-state index is 18.1. The third-order valence-electron chi connectivity index (χ3n) is 18.2. The van der Waals surface area contributed by atoms with E-state index in [0.29, 0.717) is 11.1 Å². The molecule has 0 aromatic heterocycles. The summed E-state index contributed by atoms with van der Waals surface area (Å²) in [7, 11) is -11.3. The molecule has 0 amide bonds. The van der Waals surface area contributed by atoms with E-state index in [1.165, 1.54) is 64.2 Å². The van der Waals surface area contributed by atoms with Crippen LogP contribution in [0.15, 0.2) is 47.6 Å². The first kappa shape index (κ1) is 47.1. The SMILES string of the molecule is C[C@@H]1CC2C3CCC4=CC(=O)C=C[C@]4(C)[C@@]3(F)[C@@H](O)C[C@]2(C)[C@@]1(OP(=O)(O)O[C@]1(C(=O)COP(=O)(O)O)[C@H](C)C[C@H]2[C@@H]3CCC4=CC(=O)C=C[C@]4(C)[C@@]3(F)C(O)C[C@@]21C)C(=O)CO. The highest BCUT2D eigenvalue weighted by Gasteiger charge is 2.80. The van der Waals surface area contributed by atoms with Crippen molar-refractivity contribution in [1.82, 2.24) is 0 Å². The minimum atomic E-state index is -5.90. The van der Waals surface area contributed by atoms with Gasteiger partial charge in [-0.3, -0.25) is 32.7 Å². The highest BCUT2D eigenvalue weighted by Crippen LogP contribution is 2.77. The van der Waals surface area contributed by atoms with E-state index in [1.807, 2.05) is 0 Å². The van der Waals surface area contributed by atoms with Crippen LogP contribution in [0.1, 0.15) is 92.9 Å². The molecule has 0 aromatic carbocycles. The molecule has 0 spiro atoms. The van der Waals surface area contributed by atoms with E-state index in [4.69, 9.17) is 9.05 Å². The molecule has 6 saturated carbocycles. The van der Waals surface area contributed by atoms with Crippen molar-refractivity contribution in [1.29, 1.82) is 0 Å². The first-order chi connectivity index (χ1) is 29.0. The second kappa shape index (κ2) is 14.6. The molecule has 0 aliphatic heterocycles. The summed E-state index contributed by atoms with van der Waals surface area (Å²) in [5.74, 6) is -8.90. The molecule has 6 fully saturated rings. The Labute approximate surface area is 364 Å². The van der Waals surface area contributed by atoms with Gasteiger partial charge >= 0.3 is 15.6 Å². The zero-order valence-electron chi connectivity index (χ0n) is 36.2. The summed E-state index contributed by atoms with van der Waals surface area (Å²) in [5.41, 5.74) is -15.2. The standard InChI is InChI=1S/C44H58F2O15P2/c1-23-15-31-29-9-7-25-17-27(48)11-13-37(25,3)41(29,45)33(50)19-39(31,5)43(23,35(52)21-47)60-63(57,58)61-44(36(53)22-59-62(54,55)56)24(2)16-32-30-10-8-26-18-28(49)12-14-38(26,4)42(30,46)34(51)20-40(32,44)6/h11-14,17-18,23-24,29-34,47,50-51H,7-10,15-16,19-22H2,1-6H3,(H,57,58)(H2,54,55,56)/t23-,24-,29?,30+,31?,32+,33+,34?,37+,38+,39+,40+,41+,42+,43+,44+/m1/s1. The molecule has 8 aliphatic rings. The number of carbonyl (C=O) groups excluding carboxylic acids is 4. The quantitative estimate of drug-likeness (QED) is 0.157. The largest absolute Gasteiger partial charge is 0.474 e. The van der Waals surface area contributed by atoms with E-state index in [1.54, 1.807) is 13.8 Å². The van der Waals surface area contributed by atoms with Crippen molar-refractivity contribution in [3.05, 3.63) is 47.6 Å². The first-order valence-corrected chi connectivity index (χ1v) is 24.8. The van der Waals surface area contributed by atoms with Gasteiger partial charge in [0.15, 0.2) is 34.5 Å². The average Bonchev–Trinajstić information content (AvgIpc) is 3.53. The van der Waals surface area contributed by atoms with Crippen molar-refractivity contribution in [2.75, 3.05) is 13.2 Å². The van der Waals surface area contributed by atoms with Crippen LogP contribution in [0.2, 0.25) is 0 Å². The first-order valence-electron chi connectivity index (χ1n) is 21.7. The van der Waals surface area contributed by atoms with E-state index >= 15 is 13.3 Å². The molecule has 4 unspecified atom stereocenters. The topological polar surface area (TPSA) is 251 Å². The summed E-state index contributed by atoms with van der Waals surface area (Å²) < 4.78 is 80.4. The second-order valence-corrected chi connectivity index (χ2v) is 23.2. The number of alkyl halides is 2. The fourth-order valence-corrected chi connectivity index (χ4v) is 17.5. The lowest BCUT2D eigenvalue weighted by Crippen LogP contribution is -2.70. The van der Waals surface area contributed by atoms with Crippen molar-refractivity contribution in [2.24, 2.45) is 57.2 Å². The summed E-state index contributed by atoms with van der Waals surface area (Å²) in [6.07, 6.45) is 3.97. The normalized spacial score (nSPS) is 49.6. The Morgan fingerprint density at radius 3 is 1.49 bits per heavy atom. The zero-order chi connectivity index (χ0) is 46.5. The van der Waals surface area contributed by atoms with Gasteiger partial charge in [-0.25, -0.2) is 17.9 Å². The monoisotopic (exact) mass is 926 g/mol. The number of rotatable bonds is 10. The van der Waals surface area contributed by atoms with E-state index in [9.17, 15) is 53.7 Å². The number of ketones is 4. The van der Waals surface area contributed by atoms with Gasteiger partial charge < -0.3 is 30.0 Å². The van der Waals surface area contributed by atoms with Crippen LogP contribution >= 0.6 is 15.6 Å². The lowest BCUT2D eigenvalue weighted by Gasteiger charge is -2.63. The number of halogens is 2. The molecule has 19 heteroatoms. The van der Waals surface area contributed by atoms with Crippen LogP contribution in [0.3, 0.4) is 0 Å². The molecule has 0 aromatic rings. The molecular weight excluding hydrogens is 868 g/mol. The van der Waals surface area contributed by atoms with Gasteiger partial charge in [0.05, 0.1) is 12.2 Å². The Hall–Kier alpha value is -2.40. The second-order valence-electron chi connectivity index (χ2n) is 20.7. The van der Waals surface area contributed by atoms with Gasteiger partial charge in [0, 0.05) is 33.5 Å².